The summed E-state index contributed by atoms with van der Waals surface area (Å²) in [5.74, 6) is 0.455. The number of halogens is 1. The third-order valence-corrected chi connectivity index (χ3v) is 2.86. The first-order valence-electron chi connectivity index (χ1n) is 5.88. The number of benzene rings is 1. The van der Waals surface area contributed by atoms with Crippen LogP contribution in [0.4, 0.5) is 0 Å². The highest BCUT2D eigenvalue weighted by atomic mass is 35.5. The quantitative estimate of drug-likeness (QED) is 0.870. The van der Waals surface area contributed by atoms with Gasteiger partial charge in [-0.2, -0.15) is 0 Å². The van der Waals surface area contributed by atoms with E-state index in [1.807, 2.05) is 52.0 Å². The maximum absolute atomic E-state index is 11.8. The molecule has 0 atom stereocenters. The minimum Gasteiger partial charge on any atom is -0.347 e. The maximum Gasteiger partial charge on any atom is 0.220 e. The number of carbonyl (C=O) groups excluding carboxylic acids is 1. The second-order valence-corrected chi connectivity index (χ2v) is 5.71. The zero-order chi connectivity index (χ0) is 13.1. The lowest BCUT2D eigenvalue weighted by molar-refractivity contribution is -0.123. The normalized spacial score (nSPS) is 11.6. The molecule has 0 aliphatic heterocycles. The first kappa shape index (κ1) is 14.0. The van der Waals surface area contributed by atoms with Crippen LogP contribution in [0.2, 0.25) is 5.02 Å². The van der Waals surface area contributed by atoms with Crippen LogP contribution in [-0.2, 0) is 10.3 Å². The van der Waals surface area contributed by atoms with Crippen LogP contribution in [0, 0.1) is 5.92 Å². The fourth-order valence-electron chi connectivity index (χ4n) is 1.71. The first-order chi connectivity index (χ1) is 7.81. The Morgan fingerprint density at radius 2 is 1.82 bits per heavy atom. The van der Waals surface area contributed by atoms with Crippen molar-refractivity contribution in [3.05, 3.63) is 34.9 Å². The standard InChI is InChI=1S/C14H20ClNO/c1-10(2)9-13(17)16-14(3,4)11-5-7-12(15)8-6-11/h5-8,10H,9H2,1-4H3,(H,16,17). The van der Waals surface area contributed by atoms with E-state index >= 15 is 0 Å². The monoisotopic (exact) mass is 253 g/mol. The predicted molar refractivity (Wildman–Crippen MR) is 72.1 cm³/mol. The van der Waals surface area contributed by atoms with E-state index in [0.29, 0.717) is 17.4 Å². The molecule has 17 heavy (non-hydrogen) atoms. The van der Waals surface area contributed by atoms with Crippen LogP contribution in [0.25, 0.3) is 0 Å². The van der Waals surface area contributed by atoms with E-state index in [1.165, 1.54) is 0 Å². The zero-order valence-electron chi connectivity index (χ0n) is 10.9. The molecule has 1 amide bonds. The van der Waals surface area contributed by atoms with Crippen LogP contribution >= 0.6 is 11.6 Å². The molecule has 94 valence electrons. The molecule has 1 aromatic rings. The van der Waals surface area contributed by atoms with Gasteiger partial charge in [-0.1, -0.05) is 37.6 Å². The molecule has 1 aromatic carbocycles. The second-order valence-electron chi connectivity index (χ2n) is 5.28. The van der Waals surface area contributed by atoms with Gasteiger partial charge in [-0.05, 0) is 37.5 Å². The molecular formula is C14H20ClNO. The largest absolute Gasteiger partial charge is 0.347 e. The molecule has 0 aliphatic rings. The Morgan fingerprint density at radius 1 is 1.29 bits per heavy atom. The highest BCUT2D eigenvalue weighted by Gasteiger charge is 2.22. The zero-order valence-corrected chi connectivity index (χ0v) is 11.6. The highest BCUT2D eigenvalue weighted by molar-refractivity contribution is 6.30. The fraction of sp³-hybridized carbons (Fsp3) is 0.500. The average molecular weight is 254 g/mol. The number of hydrogen-bond acceptors (Lipinski definition) is 1. The van der Waals surface area contributed by atoms with Crippen molar-refractivity contribution in [3.8, 4) is 0 Å². The third kappa shape index (κ3) is 4.39. The van der Waals surface area contributed by atoms with E-state index in [9.17, 15) is 4.79 Å². The van der Waals surface area contributed by atoms with Gasteiger partial charge in [-0.15, -0.1) is 0 Å². The SMILES string of the molecule is CC(C)CC(=O)NC(C)(C)c1ccc(Cl)cc1. The van der Waals surface area contributed by atoms with Crippen molar-refractivity contribution in [1.82, 2.24) is 5.32 Å². The Balaban J connectivity index is 2.74. The van der Waals surface area contributed by atoms with Crippen LogP contribution in [0.3, 0.4) is 0 Å². The molecule has 1 N–H and O–H groups in total. The fourth-order valence-corrected chi connectivity index (χ4v) is 1.84. The summed E-state index contributed by atoms with van der Waals surface area (Å²) in [6.07, 6.45) is 0.553. The van der Waals surface area contributed by atoms with E-state index in [0.717, 1.165) is 5.56 Å². The predicted octanol–water partition coefficient (Wildman–Crippen LogP) is 3.74. The van der Waals surface area contributed by atoms with Crippen molar-refractivity contribution in [3.63, 3.8) is 0 Å². The molecule has 0 unspecified atom stereocenters. The number of hydrogen-bond donors (Lipinski definition) is 1. The van der Waals surface area contributed by atoms with E-state index < -0.39 is 0 Å². The van der Waals surface area contributed by atoms with Crippen LogP contribution in [0.5, 0.6) is 0 Å². The van der Waals surface area contributed by atoms with Crippen molar-refractivity contribution in [2.45, 2.75) is 39.7 Å². The summed E-state index contributed by atoms with van der Waals surface area (Å²) < 4.78 is 0. The summed E-state index contributed by atoms with van der Waals surface area (Å²) in [5.41, 5.74) is 0.690. The molecular weight excluding hydrogens is 234 g/mol. The molecule has 0 aromatic heterocycles. The third-order valence-electron chi connectivity index (χ3n) is 2.61. The number of nitrogens with one attached hydrogen (secondary N) is 1. The number of carbonyl (C=O) groups is 1. The summed E-state index contributed by atoms with van der Waals surface area (Å²) in [6.45, 7) is 8.06. The van der Waals surface area contributed by atoms with E-state index in [2.05, 4.69) is 5.32 Å². The Labute approximate surface area is 108 Å². The Kier molecular flexibility index (Phi) is 4.58. The summed E-state index contributed by atoms with van der Waals surface area (Å²) in [5, 5.41) is 3.75. The number of rotatable bonds is 4. The lowest BCUT2D eigenvalue weighted by atomic mass is 9.94. The lowest BCUT2D eigenvalue weighted by Crippen LogP contribution is -2.41. The van der Waals surface area contributed by atoms with Crippen molar-refractivity contribution in [2.75, 3.05) is 0 Å². The first-order valence-corrected chi connectivity index (χ1v) is 6.26. The summed E-state index contributed by atoms with van der Waals surface area (Å²) in [6, 6.07) is 7.57. The Hall–Kier alpha value is -1.02. The van der Waals surface area contributed by atoms with Gasteiger partial charge < -0.3 is 5.32 Å². The lowest BCUT2D eigenvalue weighted by Gasteiger charge is -2.27. The minimum atomic E-state index is -0.365. The van der Waals surface area contributed by atoms with Gasteiger partial charge in [0.05, 0.1) is 5.54 Å². The van der Waals surface area contributed by atoms with Gasteiger partial charge in [0.15, 0.2) is 0 Å². The van der Waals surface area contributed by atoms with Gasteiger partial charge in [0.25, 0.3) is 0 Å². The molecule has 0 saturated carbocycles. The van der Waals surface area contributed by atoms with E-state index in [1.54, 1.807) is 0 Å². The Morgan fingerprint density at radius 3 is 2.29 bits per heavy atom. The van der Waals surface area contributed by atoms with E-state index in [4.69, 9.17) is 11.6 Å². The van der Waals surface area contributed by atoms with Gasteiger partial charge in [0, 0.05) is 11.4 Å². The number of amides is 1. The van der Waals surface area contributed by atoms with Crippen molar-refractivity contribution in [2.24, 2.45) is 5.92 Å². The molecule has 0 bridgehead atoms. The maximum atomic E-state index is 11.8. The summed E-state index contributed by atoms with van der Waals surface area (Å²) >= 11 is 5.85. The second kappa shape index (κ2) is 5.54. The molecule has 0 spiro atoms. The molecule has 0 heterocycles. The minimum absolute atomic E-state index is 0.0833. The van der Waals surface area contributed by atoms with Crippen LogP contribution in [0.1, 0.15) is 39.7 Å². The van der Waals surface area contributed by atoms with Crippen LogP contribution < -0.4 is 5.32 Å². The van der Waals surface area contributed by atoms with E-state index in [-0.39, 0.29) is 11.4 Å². The molecule has 2 nitrogen and oxygen atoms in total. The van der Waals surface area contributed by atoms with Gasteiger partial charge in [-0.3, -0.25) is 4.79 Å². The summed E-state index contributed by atoms with van der Waals surface area (Å²) in [4.78, 5) is 11.8. The van der Waals surface area contributed by atoms with Crippen molar-refractivity contribution in [1.29, 1.82) is 0 Å². The van der Waals surface area contributed by atoms with Gasteiger partial charge >= 0.3 is 0 Å². The van der Waals surface area contributed by atoms with Crippen molar-refractivity contribution >= 4 is 17.5 Å². The Bertz CT molecular complexity index is 382. The smallest absolute Gasteiger partial charge is 0.220 e. The van der Waals surface area contributed by atoms with Gasteiger partial charge in [-0.25, -0.2) is 0 Å². The van der Waals surface area contributed by atoms with Crippen molar-refractivity contribution < 1.29 is 4.79 Å². The molecule has 0 aliphatic carbocycles. The summed E-state index contributed by atoms with van der Waals surface area (Å²) in [7, 11) is 0. The van der Waals surface area contributed by atoms with Crippen LogP contribution in [-0.4, -0.2) is 5.91 Å². The van der Waals surface area contributed by atoms with Crippen LogP contribution in [0.15, 0.2) is 24.3 Å². The topological polar surface area (TPSA) is 29.1 Å². The highest BCUT2D eigenvalue weighted by Crippen LogP contribution is 2.22. The molecule has 1 rings (SSSR count). The molecule has 0 fully saturated rings. The van der Waals surface area contributed by atoms with Gasteiger partial charge in [0.1, 0.15) is 0 Å². The van der Waals surface area contributed by atoms with Gasteiger partial charge in [0.2, 0.25) is 5.91 Å². The molecule has 0 radical (unpaired) electrons. The molecule has 0 saturated heterocycles. The molecule has 3 heteroatoms. The average Bonchev–Trinajstić information content (AvgIpc) is 2.15.